The molecule has 3 aromatic heterocycles. The summed E-state index contributed by atoms with van der Waals surface area (Å²) in [5.74, 6) is 6.16. The summed E-state index contributed by atoms with van der Waals surface area (Å²) in [7, 11) is 3.97. The molecule has 37 heavy (non-hydrogen) atoms. The van der Waals surface area contributed by atoms with Crippen LogP contribution in [0.4, 0.5) is 0 Å². The summed E-state index contributed by atoms with van der Waals surface area (Å²) in [6.07, 6.45) is 11.3. The molecule has 1 atom stereocenters. The van der Waals surface area contributed by atoms with Crippen LogP contribution in [-0.4, -0.2) is 44.7 Å². The molecule has 0 radical (unpaired) electrons. The maximum absolute atomic E-state index is 11.1. The molecule has 3 aromatic rings. The molecule has 0 spiro atoms. The van der Waals surface area contributed by atoms with Crippen molar-refractivity contribution < 1.29 is 5.11 Å². The monoisotopic (exact) mass is 499 g/mol. The minimum atomic E-state index is -0.769. The molecule has 6 heteroatoms. The number of rotatable bonds is 11. The lowest BCUT2D eigenvalue weighted by Gasteiger charge is -2.21. The molecule has 0 aromatic carbocycles. The molecule has 0 aliphatic heterocycles. The second-order valence-electron chi connectivity index (χ2n) is 9.60. The molecule has 1 unspecified atom stereocenters. The minimum absolute atomic E-state index is 0.283. The molecule has 0 fully saturated rings. The highest BCUT2D eigenvalue weighted by Crippen LogP contribution is 2.29. The van der Waals surface area contributed by atoms with Crippen molar-refractivity contribution in [1.82, 2.24) is 24.8 Å². The Morgan fingerprint density at radius 3 is 2.51 bits per heavy atom. The lowest BCUT2D eigenvalue weighted by Crippen LogP contribution is -2.32. The Labute approximate surface area is 222 Å². The fraction of sp³-hybridized carbons (Fsp3) is 0.419. The summed E-state index contributed by atoms with van der Waals surface area (Å²) in [4.78, 5) is 6.88. The van der Waals surface area contributed by atoms with Crippen molar-refractivity contribution in [3.63, 3.8) is 0 Å². The van der Waals surface area contributed by atoms with E-state index in [4.69, 9.17) is 4.98 Å². The van der Waals surface area contributed by atoms with Crippen molar-refractivity contribution in [2.24, 2.45) is 0 Å². The maximum atomic E-state index is 11.1. The van der Waals surface area contributed by atoms with Gasteiger partial charge in [-0.1, -0.05) is 44.8 Å². The van der Waals surface area contributed by atoms with E-state index in [1.165, 1.54) is 0 Å². The van der Waals surface area contributed by atoms with E-state index in [1.807, 2.05) is 62.7 Å². The summed E-state index contributed by atoms with van der Waals surface area (Å²) in [5, 5.41) is 19.0. The molecule has 0 saturated carbocycles. The van der Waals surface area contributed by atoms with E-state index in [0.29, 0.717) is 0 Å². The number of aryl methyl sites for hydroxylation is 1. The van der Waals surface area contributed by atoms with E-state index >= 15 is 0 Å². The van der Waals surface area contributed by atoms with Gasteiger partial charge in [0.15, 0.2) is 0 Å². The number of hydrogen-bond acceptors (Lipinski definition) is 5. The minimum Gasteiger partial charge on any atom is -0.382 e. The highest BCUT2D eigenvalue weighted by Gasteiger charge is 2.19. The second kappa shape index (κ2) is 13.2. The Bertz CT molecular complexity index is 1320. The summed E-state index contributed by atoms with van der Waals surface area (Å²) in [6.45, 7) is 10.3. The summed E-state index contributed by atoms with van der Waals surface area (Å²) in [6, 6.07) is 8.59. The van der Waals surface area contributed by atoms with Gasteiger partial charge >= 0.3 is 0 Å². The Morgan fingerprint density at radius 1 is 1.19 bits per heavy atom. The Morgan fingerprint density at radius 2 is 1.92 bits per heavy atom. The third-order valence-corrected chi connectivity index (χ3v) is 6.41. The zero-order valence-corrected chi connectivity index (χ0v) is 23.3. The van der Waals surface area contributed by atoms with Gasteiger partial charge in [-0.2, -0.15) is 5.10 Å². The molecule has 0 aliphatic carbocycles. The number of hydrogen-bond donors (Lipinski definition) is 2. The van der Waals surface area contributed by atoms with Crippen molar-refractivity contribution >= 4 is 16.7 Å². The topological polar surface area (TPSA) is 65.7 Å². The Hall–Kier alpha value is -3.40. The number of allylic oxidation sites excluding steroid dienone is 2. The Kier molecular flexibility index (Phi) is 10.1. The van der Waals surface area contributed by atoms with E-state index in [1.54, 1.807) is 6.20 Å². The summed E-state index contributed by atoms with van der Waals surface area (Å²) >= 11 is 0. The molecule has 3 heterocycles. The third-order valence-electron chi connectivity index (χ3n) is 6.41. The first kappa shape index (κ1) is 28.2. The van der Waals surface area contributed by atoms with Gasteiger partial charge in [0.25, 0.3) is 0 Å². The van der Waals surface area contributed by atoms with Crippen LogP contribution < -0.4 is 5.32 Å². The number of fused-ring (bicyclic) bond motifs is 1. The van der Waals surface area contributed by atoms with E-state index in [0.717, 1.165) is 70.4 Å². The van der Waals surface area contributed by atoms with Crippen LogP contribution in [0.25, 0.3) is 16.7 Å². The molecular weight excluding hydrogens is 458 g/mol. The lowest BCUT2D eigenvalue weighted by atomic mass is 9.96. The van der Waals surface area contributed by atoms with E-state index in [9.17, 15) is 5.11 Å². The van der Waals surface area contributed by atoms with Crippen LogP contribution in [0.15, 0.2) is 48.9 Å². The molecule has 6 nitrogen and oxygen atoms in total. The first-order valence-corrected chi connectivity index (χ1v) is 13.2. The van der Waals surface area contributed by atoms with Gasteiger partial charge in [0.05, 0.1) is 23.0 Å². The predicted molar refractivity (Wildman–Crippen MR) is 154 cm³/mol. The van der Waals surface area contributed by atoms with Crippen LogP contribution in [0, 0.1) is 18.8 Å². The smallest absolute Gasteiger partial charge is 0.134 e. The van der Waals surface area contributed by atoms with E-state index in [2.05, 4.69) is 60.4 Å². The molecule has 0 bridgehead atoms. The Balaban J connectivity index is 1.97. The summed E-state index contributed by atoms with van der Waals surface area (Å²) in [5.41, 5.74) is 7.56. The standard InChI is InChI=1S/C31H41N5O/c1-8-12-24(21-35(6)7)29-16-15-27(22(5)33-29)26(11-4)23-17-18-36-30(19-23)28(20-32-36)31(37)34-25(13-9-2)14-10-3/h11,15-21,25,31,34,37H,9-10,13-14H2,1-7H3/b24-21+,26-11-. The maximum Gasteiger partial charge on any atom is 0.134 e. The third kappa shape index (κ3) is 6.88. The van der Waals surface area contributed by atoms with E-state index < -0.39 is 6.23 Å². The van der Waals surface area contributed by atoms with Gasteiger partial charge in [-0.05, 0) is 62.9 Å². The van der Waals surface area contributed by atoms with Gasteiger partial charge < -0.3 is 10.0 Å². The van der Waals surface area contributed by atoms with Gasteiger partial charge in [-0.3, -0.25) is 10.3 Å². The first-order chi connectivity index (χ1) is 17.8. The molecule has 3 rings (SSSR count). The number of pyridine rings is 2. The predicted octanol–water partition coefficient (Wildman–Crippen LogP) is 5.96. The zero-order valence-electron chi connectivity index (χ0n) is 23.3. The second-order valence-corrected chi connectivity index (χ2v) is 9.60. The van der Waals surface area contributed by atoms with Crippen LogP contribution in [0.1, 0.15) is 87.7 Å². The quantitative estimate of drug-likeness (QED) is 0.252. The highest BCUT2D eigenvalue weighted by atomic mass is 16.3. The van der Waals surface area contributed by atoms with E-state index in [-0.39, 0.29) is 6.04 Å². The van der Waals surface area contributed by atoms with Gasteiger partial charge in [0, 0.05) is 49.4 Å². The number of aliphatic hydroxyl groups is 1. The fourth-order valence-corrected chi connectivity index (χ4v) is 4.73. The van der Waals surface area contributed by atoms with Crippen molar-refractivity contribution in [2.75, 3.05) is 14.1 Å². The average molecular weight is 500 g/mol. The van der Waals surface area contributed by atoms with Crippen LogP contribution in [0.5, 0.6) is 0 Å². The molecular formula is C31H41N5O. The number of nitrogens with zero attached hydrogens (tertiary/aromatic N) is 4. The van der Waals surface area contributed by atoms with Gasteiger partial charge in [0.1, 0.15) is 6.23 Å². The van der Waals surface area contributed by atoms with Gasteiger partial charge in [-0.25, -0.2) is 4.52 Å². The van der Waals surface area contributed by atoms with Gasteiger partial charge in [0.2, 0.25) is 0 Å². The zero-order chi connectivity index (χ0) is 26.9. The van der Waals surface area contributed by atoms with Crippen molar-refractivity contribution in [3.8, 4) is 11.8 Å². The normalized spacial score (nSPS) is 13.1. The molecule has 2 N–H and O–H groups in total. The van der Waals surface area contributed by atoms with Gasteiger partial charge in [-0.15, -0.1) is 5.92 Å². The highest BCUT2D eigenvalue weighted by molar-refractivity contribution is 5.84. The van der Waals surface area contributed by atoms with Crippen LogP contribution >= 0.6 is 0 Å². The number of aliphatic hydroxyl groups excluding tert-OH is 1. The SMILES string of the molecule is CC#C/C(=C\N(C)C)c1ccc(/C(=C\C)c2ccn3ncc(C(O)NC(CCC)CCC)c3c2)c(C)n1. The molecule has 0 aliphatic rings. The summed E-state index contributed by atoms with van der Waals surface area (Å²) < 4.78 is 1.82. The van der Waals surface area contributed by atoms with Crippen molar-refractivity contribution in [3.05, 3.63) is 77.0 Å². The number of nitrogens with one attached hydrogen (secondary N) is 1. The first-order valence-electron chi connectivity index (χ1n) is 13.2. The fourth-order valence-electron chi connectivity index (χ4n) is 4.73. The largest absolute Gasteiger partial charge is 0.382 e. The van der Waals surface area contributed by atoms with Crippen LogP contribution in [0.2, 0.25) is 0 Å². The van der Waals surface area contributed by atoms with Crippen molar-refractivity contribution in [2.45, 2.75) is 72.6 Å². The van der Waals surface area contributed by atoms with Crippen molar-refractivity contribution in [1.29, 1.82) is 0 Å². The lowest BCUT2D eigenvalue weighted by molar-refractivity contribution is 0.120. The number of aromatic nitrogens is 3. The molecule has 0 saturated heterocycles. The van der Waals surface area contributed by atoms with Crippen LogP contribution in [0.3, 0.4) is 0 Å². The average Bonchev–Trinajstić information content (AvgIpc) is 3.29. The molecule has 0 amide bonds. The molecule has 196 valence electrons. The van der Waals surface area contributed by atoms with Crippen LogP contribution in [-0.2, 0) is 0 Å².